The maximum atomic E-state index is 6.49. The normalized spacial score (nSPS) is 13.3. The quantitative estimate of drug-likeness (QED) is 0.172. The van der Waals surface area contributed by atoms with Gasteiger partial charge in [-0.25, -0.2) is 0 Å². The van der Waals surface area contributed by atoms with Crippen LogP contribution in [-0.2, 0) is 5.41 Å². The number of rotatable bonds is 3. The Balaban J connectivity index is 1.17. The van der Waals surface area contributed by atoms with Crippen molar-refractivity contribution in [2.45, 2.75) is 19.3 Å². The van der Waals surface area contributed by atoms with Gasteiger partial charge in [0.1, 0.15) is 11.2 Å². The first-order valence-electron chi connectivity index (χ1n) is 18.2. The van der Waals surface area contributed by atoms with Gasteiger partial charge < -0.3 is 4.42 Å². The lowest BCUT2D eigenvalue weighted by atomic mass is 9.76. The van der Waals surface area contributed by atoms with Crippen molar-refractivity contribution in [2.75, 3.05) is 0 Å². The Kier molecular flexibility index (Phi) is 6.08. The Morgan fingerprint density at radius 2 is 0.904 bits per heavy atom. The molecule has 244 valence electrons. The van der Waals surface area contributed by atoms with Crippen molar-refractivity contribution in [1.82, 2.24) is 0 Å². The largest absolute Gasteiger partial charge is 0.455 e. The second kappa shape index (κ2) is 10.8. The molecule has 1 aromatic heterocycles. The molecule has 1 heterocycles. The minimum atomic E-state index is -0.186. The van der Waals surface area contributed by atoms with E-state index in [-0.39, 0.29) is 5.41 Å². The second-order valence-electron chi connectivity index (χ2n) is 14.8. The van der Waals surface area contributed by atoms with E-state index in [0.717, 1.165) is 33.1 Å². The second-order valence-corrected chi connectivity index (χ2v) is 14.8. The molecule has 0 saturated carbocycles. The number of furan rings is 1. The van der Waals surface area contributed by atoms with E-state index in [0.29, 0.717) is 0 Å². The predicted octanol–water partition coefficient (Wildman–Crippen LogP) is 14.4. The van der Waals surface area contributed by atoms with Crippen LogP contribution in [0.25, 0.3) is 98.8 Å². The van der Waals surface area contributed by atoms with E-state index in [2.05, 4.69) is 178 Å². The van der Waals surface area contributed by atoms with E-state index >= 15 is 0 Å². The van der Waals surface area contributed by atoms with Crippen LogP contribution in [0.5, 0.6) is 0 Å². The lowest BCUT2D eigenvalue weighted by Crippen LogP contribution is -2.17. The summed E-state index contributed by atoms with van der Waals surface area (Å²) in [6, 6.07) is 62.3. The molecule has 0 bridgehead atoms. The van der Waals surface area contributed by atoms with E-state index in [9.17, 15) is 0 Å². The number of hydrogen-bond donors (Lipinski definition) is 0. The summed E-state index contributed by atoms with van der Waals surface area (Å²) in [6.45, 7) is 4.83. The molecule has 10 aromatic rings. The van der Waals surface area contributed by atoms with Gasteiger partial charge in [0.05, 0.1) is 0 Å². The van der Waals surface area contributed by atoms with Crippen LogP contribution in [0.2, 0.25) is 0 Å². The molecule has 1 aliphatic carbocycles. The molecule has 0 amide bonds. The zero-order chi connectivity index (χ0) is 34.6. The highest BCUT2D eigenvalue weighted by molar-refractivity contribution is 6.22. The summed E-state index contributed by atoms with van der Waals surface area (Å²) >= 11 is 0. The summed E-state index contributed by atoms with van der Waals surface area (Å²) < 4.78 is 6.49. The Hall–Kier alpha value is -6.44. The van der Waals surface area contributed by atoms with Gasteiger partial charge in [-0.1, -0.05) is 172 Å². The molecule has 9 aromatic carbocycles. The first kappa shape index (κ1) is 29.3. The van der Waals surface area contributed by atoms with Gasteiger partial charge >= 0.3 is 0 Å². The molecule has 1 nitrogen and oxygen atoms in total. The van der Waals surface area contributed by atoms with Crippen molar-refractivity contribution < 1.29 is 4.42 Å². The summed E-state index contributed by atoms with van der Waals surface area (Å²) in [5.74, 6) is 0. The SMILES string of the molecule is CC1(C)c2c(cccc2-c2c3ccccc3c(-c3cccc(-c4cccc5c4oc4ccccc45)c3)c3ccccc23)-c2ccc3ccccc3c21. The minimum Gasteiger partial charge on any atom is -0.455 e. The van der Waals surface area contributed by atoms with Crippen molar-refractivity contribution in [3.8, 4) is 44.5 Å². The Morgan fingerprint density at radius 1 is 0.365 bits per heavy atom. The smallest absolute Gasteiger partial charge is 0.143 e. The van der Waals surface area contributed by atoms with Crippen molar-refractivity contribution >= 4 is 54.3 Å². The van der Waals surface area contributed by atoms with Gasteiger partial charge in [-0.3, -0.25) is 0 Å². The first-order chi connectivity index (χ1) is 25.6. The lowest BCUT2D eigenvalue weighted by molar-refractivity contribution is 0.668. The zero-order valence-corrected chi connectivity index (χ0v) is 29.1. The minimum absolute atomic E-state index is 0.186. The van der Waals surface area contributed by atoms with E-state index in [1.807, 2.05) is 6.07 Å². The first-order valence-corrected chi connectivity index (χ1v) is 18.2. The molecule has 0 unspecified atom stereocenters. The van der Waals surface area contributed by atoms with Crippen LogP contribution in [0, 0.1) is 0 Å². The van der Waals surface area contributed by atoms with Crippen LogP contribution in [-0.4, -0.2) is 0 Å². The third-order valence-corrected chi connectivity index (χ3v) is 11.6. The highest BCUT2D eigenvalue weighted by Crippen LogP contribution is 2.56. The molecule has 0 saturated heterocycles. The standard InChI is InChI=1S/C51H34O/c1-51(2)48-34-17-4-3-14-31(34)28-29-42(48)41-24-13-26-44(49(41)51)47-39-21-7-5-19-37(39)46(38-20-6-8-22-40(38)47)33-16-11-15-32(30-33)35-23-12-25-43-36-18-9-10-27-45(36)52-50(35)43/h3-30H,1-2H3. The van der Waals surface area contributed by atoms with Crippen molar-refractivity contribution in [1.29, 1.82) is 0 Å². The molecule has 0 atom stereocenters. The van der Waals surface area contributed by atoms with Crippen molar-refractivity contribution in [2.24, 2.45) is 0 Å². The van der Waals surface area contributed by atoms with E-state index in [4.69, 9.17) is 4.42 Å². The van der Waals surface area contributed by atoms with Gasteiger partial charge in [0, 0.05) is 21.8 Å². The molecule has 0 fully saturated rings. The number of benzene rings is 9. The van der Waals surface area contributed by atoms with Crippen LogP contribution >= 0.6 is 0 Å². The highest BCUT2D eigenvalue weighted by Gasteiger charge is 2.39. The molecular weight excluding hydrogens is 629 g/mol. The Bertz CT molecular complexity index is 3040. The summed E-state index contributed by atoms with van der Waals surface area (Å²) in [5.41, 5.74) is 14.5. The topological polar surface area (TPSA) is 13.1 Å². The monoisotopic (exact) mass is 662 g/mol. The fourth-order valence-electron chi connectivity index (χ4n) is 9.50. The molecule has 1 aliphatic rings. The molecule has 11 rings (SSSR count). The number of fused-ring (bicyclic) bond motifs is 10. The maximum absolute atomic E-state index is 6.49. The van der Waals surface area contributed by atoms with Gasteiger partial charge in [-0.2, -0.15) is 0 Å². The summed E-state index contributed by atoms with van der Waals surface area (Å²) in [7, 11) is 0. The van der Waals surface area contributed by atoms with E-state index in [1.54, 1.807) is 0 Å². The van der Waals surface area contributed by atoms with Gasteiger partial charge in [0.2, 0.25) is 0 Å². The summed E-state index contributed by atoms with van der Waals surface area (Å²) in [5, 5.41) is 9.98. The van der Waals surface area contributed by atoms with Crippen LogP contribution in [0.3, 0.4) is 0 Å². The molecule has 0 aliphatic heterocycles. The van der Waals surface area contributed by atoms with Crippen molar-refractivity contribution in [3.63, 3.8) is 0 Å². The van der Waals surface area contributed by atoms with Crippen LogP contribution in [0.15, 0.2) is 174 Å². The van der Waals surface area contributed by atoms with E-state index < -0.39 is 0 Å². The summed E-state index contributed by atoms with van der Waals surface area (Å²) in [4.78, 5) is 0. The zero-order valence-electron chi connectivity index (χ0n) is 29.1. The molecule has 52 heavy (non-hydrogen) atoms. The molecule has 0 spiro atoms. The van der Waals surface area contributed by atoms with E-state index in [1.165, 1.54) is 76.8 Å². The fraction of sp³-hybridized carbons (Fsp3) is 0.0588. The predicted molar refractivity (Wildman–Crippen MR) is 220 cm³/mol. The Morgan fingerprint density at radius 3 is 1.67 bits per heavy atom. The fourth-order valence-corrected chi connectivity index (χ4v) is 9.50. The van der Waals surface area contributed by atoms with Crippen LogP contribution < -0.4 is 0 Å². The van der Waals surface area contributed by atoms with Gasteiger partial charge in [0.15, 0.2) is 0 Å². The average molecular weight is 663 g/mol. The third-order valence-electron chi connectivity index (χ3n) is 11.6. The van der Waals surface area contributed by atoms with Gasteiger partial charge in [0.25, 0.3) is 0 Å². The molecular formula is C51H34O. The Labute approximate surface area is 302 Å². The van der Waals surface area contributed by atoms with Gasteiger partial charge in [-0.15, -0.1) is 0 Å². The van der Waals surface area contributed by atoms with Crippen LogP contribution in [0.1, 0.15) is 25.0 Å². The van der Waals surface area contributed by atoms with Crippen LogP contribution in [0.4, 0.5) is 0 Å². The van der Waals surface area contributed by atoms with Gasteiger partial charge in [-0.05, 0) is 94.5 Å². The molecule has 0 N–H and O–H groups in total. The summed E-state index contributed by atoms with van der Waals surface area (Å²) in [6.07, 6.45) is 0. The molecule has 0 radical (unpaired) electrons. The highest BCUT2D eigenvalue weighted by atomic mass is 16.3. The lowest BCUT2D eigenvalue weighted by Gasteiger charge is -2.27. The number of para-hydroxylation sites is 2. The van der Waals surface area contributed by atoms with Crippen molar-refractivity contribution in [3.05, 3.63) is 181 Å². The molecule has 1 heteroatoms. The number of hydrogen-bond acceptors (Lipinski definition) is 1. The average Bonchev–Trinajstić information content (AvgIpc) is 3.69. The third kappa shape index (κ3) is 3.99. The maximum Gasteiger partial charge on any atom is 0.143 e.